The van der Waals surface area contributed by atoms with Crippen LogP contribution in [0.4, 0.5) is 10.5 Å². The minimum atomic E-state index is -1.16. The average Bonchev–Trinajstić information content (AvgIpc) is 2.71. The van der Waals surface area contributed by atoms with Crippen LogP contribution >= 0.6 is 11.6 Å². The Morgan fingerprint density at radius 3 is 2.61 bits per heavy atom. The van der Waals surface area contributed by atoms with Gasteiger partial charge in [-0.15, -0.1) is 0 Å². The van der Waals surface area contributed by atoms with Crippen LogP contribution in [0.5, 0.6) is 11.5 Å². The van der Waals surface area contributed by atoms with Crippen molar-refractivity contribution in [2.75, 3.05) is 18.1 Å². The van der Waals surface area contributed by atoms with Crippen molar-refractivity contribution < 1.29 is 33.8 Å². The van der Waals surface area contributed by atoms with Gasteiger partial charge in [0.2, 0.25) is 0 Å². The molecule has 1 aliphatic rings. The summed E-state index contributed by atoms with van der Waals surface area (Å²) in [6, 6.07) is 9.79. The van der Waals surface area contributed by atoms with Crippen LogP contribution in [0, 0.1) is 0 Å². The number of nitrogens with zero attached hydrogens (tertiary/aromatic N) is 1. The van der Waals surface area contributed by atoms with Gasteiger partial charge in [-0.05, 0) is 42.8 Å². The number of benzene rings is 2. The number of amides is 4. The number of aliphatic carboxylic acids is 1. The molecule has 1 saturated heterocycles. The molecule has 0 atom stereocenters. The number of carbonyl (C=O) groups is 4. The second-order valence-corrected chi connectivity index (χ2v) is 6.67. The molecule has 3 rings (SSSR count). The molecule has 0 aliphatic carbocycles. The Kier molecular flexibility index (Phi) is 6.56. The Bertz CT molecular complexity index is 1100. The first-order valence-corrected chi connectivity index (χ1v) is 9.46. The van der Waals surface area contributed by atoms with Crippen molar-refractivity contribution in [1.29, 1.82) is 0 Å². The number of anilines is 1. The molecule has 31 heavy (non-hydrogen) atoms. The third-order valence-corrected chi connectivity index (χ3v) is 4.40. The van der Waals surface area contributed by atoms with Crippen LogP contribution in [0.15, 0.2) is 48.0 Å². The highest BCUT2D eigenvalue weighted by molar-refractivity contribution is 6.39. The highest BCUT2D eigenvalue weighted by atomic mass is 35.5. The minimum Gasteiger partial charge on any atom is -0.494 e. The number of carboxylic acid groups (broad SMARTS) is 1. The molecule has 2 aromatic carbocycles. The quantitative estimate of drug-likeness (QED) is 0.497. The molecule has 0 bridgehead atoms. The molecular weight excluding hydrogens is 428 g/mol. The molecule has 4 amide bonds. The van der Waals surface area contributed by atoms with Crippen LogP contribution in [0.2, 0.25) is 5.02 Å². The smallest absolute Gasteiger partial charge is 0.341 e. The molecule has 2 aromatic rings. The molecule has 2 N–H and O–H groups in total. The number of hydrogen-bond acceptors (Lipinski definition) is 6. The van der Waals surface area contributed by atoms with Gasteiger partial charge in [0.1, 0.15) is 17.1 Å². The molecule has 160 valence electrons. The molecular formula is C21H17ClN2O7. The normalized spacial score (nSPS) is 15.1. The summed E-state index contributed by atoms with van der Waals surface area (Å²) in [6.07, 6.45) is 1.27. The van der Waals surface area contributed by atoms with Crippen molar-refractivity contribution in [2.45, 2.75) is 6.92 Å². The number of nitrogens with one attached hydrogen (secondary N) is 1. The van der Waals surface area contributed by atoms with E-state index in [0.29, 0.717) is 17.9 Å². The van der Waals surface area contributed by atoms with Gasteiger partial charge in [-0.2, -0.15) is 0 Å². The number of rotatable bonds is 7. The number of barbiturate groups is 1. The molecule has 0 saturated carbocycles. The topological polar surface area (TPSA) is 122 Å². The van der Waals surface area contributed by atoms with Crippen LogP contribution in [0.1, 0.15) is 12.5 Å². The summed E-state index contributed by atoms with van der Waals surface area (Å²) in [4.78, 5) is 49.0. The maximum Gasteiger partial charge on any atom is 0.341 e. The van der Waals surface area contributed by atoms with Crippen molar-refractivity contribution in [3.05, 3.63) is 58.6 Å². The van der Waals surface area contributed by atoms with E-state index in [9.17, 15) is 19.2 Å². The molecule has 1 heterocycles. The van der Waals surface area contributed by atoms with Crippen LogP contribution in [0.3, 0.4) is 0 Å². The number of carbonyl (C=O) groups excluding carboxylic acids is 3. The standard InChI is InChI=1S/C21H17ClN2O7/c1-2-30-14-5-3-4-13(10-14)24-20(28)15(19(27)23-21(24)29)8-12-6-7-17(16(22)9-12)31-11-18(25)26/h3-10H,2,11H2,1H3,(H,25,26)(H,23,27,29). The third kappa shape index (κ3) is 5.01. The van der Waals surface area contributed by atoms with Gasteiger partial charge in [0.15, 0.2) is 6.61 Å². The van der Waals surface area contributed by atoms with Gasteiger partial charge in [-0.3, -0.25) is 14.9 Å². The largest absolute Gasteiger partial charge is 0.494 e. The number of imide groups is 2. The van der Waals surface area contributed by atoms with E-state index in [1.165, 1.54) is 30.3 Å². The first kappa shape index (κ1) is 21.8. The van der Waals surface area contributed by atoms with Gasteiger partial charge in [0.05, 0.1) is 17.3 Å². The van der Waals surface area contributed by atoms with Crippen LogP contribution < -0.4 is 19.7 Å². The predicted molar refractivity (Wildman–Crippen MR) is 111 cm³/mol. The molecule has 9 nitrogen and oxygen atoms in total. The summed E-state index contributed by atoms with van der Waals surface area (Å²) in [7, 11) is 0. The highest BCUT2D eigenvalue weighted by Gasteiger charge is 2.37. The summed E-state index contributed by atoms with van der Waals surface area (Å²) in [5, 5.41) is 10.9. The molecule has 0 radical (unpaired) electrons. The summed E-state index contributed by atoms with van der Waals surface area (Å²) in [6.45, 7) is 1.63. The molecule has 0 spiro atoms. The predicted octanol–water partition coefficient (Wildman–Crippen LogP) is 2.87. The lowest BCUT2D eigenvalue weighted by Crippen LogP contribution is -2.54. The highest BCUT2D eigenvalue weighted by Crippen LogP contribution is 2.28. The van der Waals surface area contributed by atoms with Crippen molar-refractivity contribution in [1.82, 2.24) is 5.32 Å². The molecule has 1 fully saturated rings. The van der Waals surface area contributed by atoms with Crippen LogP contribution in [-0.2, 0) is 14.4 Å². The fourth-order valence-corrected chi connectivity index (χ4v) is 3.04. The second-order valence-electron chi connectivity index (χ2n) is 6.26. The van der Waals surface area contributed by atoms with E-state index in [2.05, 4.69) is 5.32 Å². The van der Waals surface area contributed by atoms with E-state index in [4.69, 9.17) is 26.2 Å². The van der Waals surface area contributed by atoms with E-state index in [1.807, 2.05) is 0 Å². The Morgan fingerprint density at radius 1 is 1.16 bits per heavy atom. The minimum absolute atomic E-state index is 0.0941. The molecule has 0 unspecified atom stereocenters. The van der Waals surface area contributed by atoms with Gasteiger partial charge in [-0.25, -0.2) is 14.5 Å². The lowest BCUT2D eigenvalue weighted by molar-refractivity contribution is -0.139. The monoisotopic (exact) mass is 444 g/mol. The number of hydrogen-bond donors (Lipinski definition) is 2. The van der Waals surface area contributed by atoms with E-state index < -0.39 is 30.4 Å². The van der Waals surface area contributed by atoms with Crippen LogP contribution in [0.25, 0.3) is 6.08 Å². The number of urea groups is 1. The van der Waals surface area contributed by atoms with Gasteiger partial charge < -0.3 is 14.6 Å². The number of halogens is 1. The Morgan fingerprint density at radius 2 is 1.94 bits per heavy atom. The SMILES string of the molecule is CCOc1cccc(N2C(=O)NC(=O)C(=Cc3ccc(OCC(=O)O)c(Cl)c3)C2=O)c1. The third-order valence-electron chi connectivity index (χ3n) is 4.11. The molecule has 10 heteroatoms. The Hall–Kier alpha value is -3.85. The molecule has 1 aliphatic heterocycles. The van der Waals surface area contributed by atoms with E-state index in [1.54, 1.807) is 25.1 Å². The number of carboxylic acids is 1. The summed E-state index contributed by atoms with van der Waals surface area (Å²) < 4.78 is 10.4. The maximum atomic E-state index is 13.0. The Balaban J connectivity index is 1.91. The van der Waals surface area contributed by atoms with Crippen molar-refractivity contribution >= 4 is 47.2 Å². The van der Waals surface area contributed by atoms with Gasteiger partial charge in [0, 0.05) is 6.07 Å². The van der Waals surface area contributed by atoms with Gasteiger partial charge in [0.25, 0.3) is 11.8 Å². The van der Waals surface area contributed by atoms with E-state index >= 15 is 0 Å². The van der Waals surface area contributed by atoms with Gasteiger partial charge >= 0.3 is 12.0 Å². The summed E-state index contributed by atoms with van der Waals surface area (Å²) in [5.74, 6) is -2.23. The second kappa shape index (κ2) is 9.31. The van der Waals surface area contributed by atoms with E-state index in [-0.39, 0.29) is 22.0 Å². The van der Waals surface area contributed by atoms with Crippen molar-refractivity contribution in [3.8, 4) is 11.5 Å². The van der Waals surface area contributed by atoms with E-state index in [0.717, 1.165) is 4.90 Å². The lowest BCUT2D eigenvalue weighted by Gasteiger charge is -2.26. The van der Waals surface area contributed by atoms with Crippen molar-refractivity contribution in [3.63, 3.8) is 0 Å². The Labute approximate surface area is 181 Å². The van der Waals surface area contributed by atoms with Gasteiger partial charge in [-0.1, -0.05) is 23.7 Å². The average molecular weight is 445 g/mol. The fourth-order valence-electron chi connectivity index (χ4n) is 2.80. The molecule has 0 aromatic heterocycles. The fraction of sp³-hybridized carbons (Fsp3) is 0.143. The summed E-state index contributed by atoms with van der Waals surface area (Å²) in [5.41, 5.74) is 0.336. The number of ether oxygens (including phenoxy) is 2. The zero-order valence-corrected chi connectivity index (χ0v) is 17.0. The first-order valence-electron chi connectivity index (χ1n) is 9.08. The van der Waals surface area contributed by atoms with Crippen molar-refractivity contribution in [2.24, 2.45) is 0 Å². The van der Waals surface area contributed by atoms with Crippen LogP contribution in [-0.4, -0.2) is 42.1 Å². The first-order chi connectivity index (χ1) is 14.8. The lowest BCUT2D eigenvalue weighted by atomic mass is 10.1. The maximum absolute atomic E-state index is 13.0. The zero-order valence-electron chi connectivity index (χ0n) is 16.3. The zero-order chi connectivity index (χ0) is 22.5. The summed E-state index contributed by atoms with van der Waals surface area (Å²) >= 11 is 6.09.